The third-order valence-corrected chi connectivity index (χ3v) is 26.1. The molecule has 0 aliphatic carbocycles. The molecule has 0 N–H and O–H groups in total. The predicted molar refractivity (Wildman–Crippen MR) is 339 cm³/mol. The van der Waals surface area contributed by atoms with E-state index in [1.165, 1.54) is 84.0 Å². The zero-order chi connectivity index (χ0) is 54.5. The molecule has 2 heterocycles. The Morgan fingerprint density at radius 2 is 0.650 bits per heavy atom. The van der Waals surface area contributed by atoms with Crippen LogP contribution in [0.5, 0.6) is 0 Å². The molecule has 13 rings (SSSR count). The SMILES string of the molecule is Cc1cc(C)c(-c2ccc3c4ccc(-c5c(C)cc(C)cc5C)cc4n(-c4ccc(-c5ccc[c]([Ge]([c]6ccccc6)([c]6ccccc6)[c]6ccccc6)c5)cc4-c4nc(-c5ccccc5)nc(-c5ccccc5)n4)c3c2)c(C)c1. The van der Waals surface area contributed by atoms with Gasteiger partial charge in [0.1, 0.15) is 0 Å². The average Bonchev–Trinajstić information content (AvgIpc) is 3.96. The summed E-state index contributed by atoms with van der Waals surface area (Å²) >= 11 is -3.66. The predicted octanol–water partition coefficient (Wildman–Crippen LogP) is 16.2. The molecule has 0 amide bonds. The van der Waals surface area contributed by atoms with Gasteiger partial charge in [0.05, 0.1) is 0 Å². The second-order valence-corrected chi connectivity index (χ2v) is 29.5. The quantitative estimate of drug-likeness (QED) is 0.121. The van der Waals surface area contributed by atoms with Crippen LogP contribution in [0.1, 0.15) is 33.4 Å². The van der Waals surface area contributed by atoms with Crippen LogP contribution >= 0.6 is 0 Å². The molecule has 13 aromatic rings. The number of rotatable bonds is 11. The van der Waals surface area contributed by atoms with Gasteiger partial charge in [0, 0.05) is 0 Å². The molecule has 0 unspecified atom stereocenters. The minimum Gasteiger partial charge on any atom is -0.0557 e. The van der Waals surface area contributed by atoms with E-state index in [0.29, 0.717) is 17.5 Å². The number of hydrogen-bond donors (Lipinski definition) is 0. The van der Waals surface area contributed by atoms with Gasteiger partial charge in [-0.05, 0) is 63.8 Å². The van der Waals surface area contributed by atoms with Gasteiger partial charge in [-0.2, -0.15) is 0 Å². The maximum atomic E-state index is 5.51. The second kappa shape index (κ2) is 20.9. The fourth-order valence-electron chi connectivity index (χ4n) is 12.9. The van der Waals surface area contributed by atoms with Crippen molar-refractivity contribution < 1.29 is 0 Å². The van der Waals surface area contributed by atoms with E-state index >= 15 is 0 Å². The van der Waals surface area contributed by atoms with Crippen LogP contribution in [0.2, 0.25) is 0 Å². The zero-order valence-corrected chi connectivity index (χ0v) is 48.1. The van der Waals surface area contributed by atoms with Crippen molar-refractivity contribution in [2.45, 2.75) is 41.5 Å². The summed E-state index contributed by atoms with van der Waals surface area (Å²) in [5, 5.41) is 2.35. The number of aromatic nitrogens is 4. The Balaban J connectivity index is 1.12. The molecule has 2 aromatic heterocycles. The van der Waals surface area contributed by atoms with E-state index in [9.17, 15) is 0 Å². The van der Waals surface area contributed by atoms with E-state index in [2.05, 4.69) is 264 Å². The van der Waals surface area contributed by atoms with Gasteiger partial charge in [-0.1, -0.05) is 47.5 Å². The molecule has 0 saturated heterocycles. The molecule has 0 radical (unpaired) electrons. The fraction of sp³-hybridized carbons (Fsp3) is 0.0800. The topological polar surface area (TPSA) is 43.6 Å². The van der Waals surface area contributed by atoms with Gasteiger partial charge in [-0.15, -0.1) is 0 Å². The standard InChI is InChI=1S/C75H60GeN4/c1-49-41-51(3)71(52(4)42-49)59-35-38-65-66-39-36-60(72-53(5)43-50(2)44-54(72)6)48-70(66)80(69(65)47-59)68-40-37-58(46-67(68)75-78-73(55-23-12-7-13-24-55)77-74(79-75)56-25-14-8-15-26-56)57-27-22-34-64(45-57)76(61-28-16-9-17-29-61,62-30-18-10-19-31-62)63-32-20-11-21-33-63/h7-48H,1-6H3. The summed E-state index contributed by atoms with van der Waals surface area (Å²) in [6, 6.07) is 93.9. The number of hydrogen-bond acceptors (Lipinski definition) is 3. The molecule has 4 nitrogen and oxygen atoms in total. The second-order valence-electron chi connectivity index (χ2n) is 21.5. The summed E-state index contributed by atoms with van der Waals surface area (Å²) in [4.78, 5) is 16.2. The summed E-state index contributed by atoms with van der Waals surface area (Å²) in [6.45, 7) is 13.3. The van der Waals surface area contributed by atoms with Crippen LogP contribution in [0.15, 0.2) is 255 Å². The van der Waals surface area contributed by atoms with Gasteiger partial charge in [-0.3, -0.25) is 0 Å². The summed E-state index contributed by atoms with van der Waals surface area (Å²) < 4.78 is 7.96. The third kappa shape index (κ3) is 8.96. The van der Waals surface area contributed by atoms with Crippen LogP contribution in [0.3, 0.4) is 0 Å². The molecule has 0 spiro atoms. The molecule has 11 aromatic carbocycles. The molecule has 0 atom stereocenters. The van der Waals surface area contributed by atoms with Gasteiger partial charge >= 0.3 is 364 Å². The maximum Gasteiger partial charge on any atom is -0.0391 e. The van der Waals surface area contributed by atoms with Crippen molar-refractivity contribution in [2.24, 2.45) is 0 Å². The molecule has 384 valence electrons. The van der Waals surface area contributed by atoms with Gasteiger partial charge in [-0.25, -0.2) is 0 Å². The molecule has 0 fully saturated rings. The summed E-state index contributed by atoms with van der Waals surface area (Å²) in [5.41, 5.74) is 20.6. The van der Waals surface area contributed by atoms with Crippen LogP contribution in [0.4, 0.5) is 0 Å². The first-order valence-electron chi connectivity index (χ1n) is 27.7. The molecule has 0 aliphatic heterocycles. The maximum absolute atomic E-state index is 5.51. The van der Waals surface area contributed by atoms with Crippen LogP contribution in [-0.2, 0) is 0 Å². The minimum absolute atomic E-state index is 0.591. The first-order chi connectivity index (χ1) is 39.1. The van der Waals surface area contributed by atoms with E-state index < -0.39 is 13.3 Å². The van der Waals surface area contributed by atoms with E-state index in [1.54, 1.807) is 0 Å². The van der Waals surface area contributed by atoms with Gasteiger partial charge in [0.15, 0.2) is 0 Å². The van der Waals surface area contributed by atoms with Gasteiger partial charge in [0.2, 0.25) is 0 Å². The van der Waals surface area contributed by atoms with Crippen molar-refractivity contribution in [1.82, 2.24) is 19.5 Å². The zero-order valence-electron chi connectivity index (χ0n) is 46.0. The van der Waals surface area contributed by atoms with Crippen molar-refractivity contribution >= 4 is 52.7 Å². The smallest absolute Gasteiger partial charge is 0.0391 e. The Hall–Kier alpha value is -9.23. The molecule has 5 heteroatoms. The van der Waals surface area contributed by atoms with E-state index in [-0.39, 0.29) is 0 Å². The van der Waals surface area contributed by atoms with E-state index in [1.807, 2.05) is 36.4 Å². The minimum atomic E-state index is -3.66. The Kier molecular flexibility index (Phi) is 13.1. The molecule has 0 saturated carbocycles. The summed E-state index contributed by atoms with van der Waals surface area (Å²) in [5.74, 6) is 1.82. The van der Waals surface area contributed by atoms with E-state index in [4.69, 9.17) is 15.0 Å². The fourth-order valence-corrected chi connectivity index (χ4v) is 22.9. The molecule has 0 bridgehead atoms. The average molecular weight is 1090 g/mol. The van der Waals surface area contributed by atoms with Crippen molar-refractivity contribution in [1.29, 1.82) is 0 Å². The first kappa shape index (κ1) is 50.3. The molecular weight excluding hydrogens is 1030 g/mol. The van der Waals surface area contributed by atoms with Crippen molar-refractivity contribution in [3.05, 3.63) is 288 Å². The van der Waals surface area contributed by atoms with Crippen LogP contribution in [-0.4, -0.2) is 32.8 Å². The first-order valence-corrected chi connectivity index (χ1v) is 31.9. The molecular formula is C75H60GeN4. The van der Waals surface area contributed by atoms with Crippen LogP contribution in [0.25, 0.3) is 95.0 Å². The van der Waals surface area contributed by atoms with Crippen LogP contribution in [0, 0.1) is 41.5 Å². The number of nitrogens with zero attached hydrogens (tertiary/aromatic N) is 4. The van der Waals surface area contributed by atoms with Gasteiger partial charge in [0.25, 0.3) is 0 Å². The number of aryl methyl sites for hydroxylation is 6. The van der Waals surface area contributed by atoms with Crippen molar-refractivity contribution in [3.8, 4) is 73.2 Å². The van der Waals surface area contributed by atoms with E-state index in [0.717, 1.165) is 44.5 Å². The van der Waals surface area contributed by atoms with Crippen molar-refractivity contribution in [2.75, 3.05) is 0 Å². The Labute approximate surface area is 472 Å². The summed E-state index contributed by atoms with van der Waals surface area (Å²) in [6.07, 6.45) is 0. The Morgan fingerprint density at radius 1 is 0.287 bits per heavy atom. The monoisotopic (exact) mass is 1090 g/mol. The van der Waals surface area contributed by atoms with Gasteiger partial charge < -0.3 is 0 Å². The largest absolute Gasteiger partial charge is 0.0557 e. The Bertz CT molecular complexity index is 4140. The normalized spacial score (nSPS) is 11.6. The third-order valence-electron chi connectivity index (χ3n) is 16.1. The molecule has 80 heavy (non-hydrogen) atoms. The Morgan fingerprint density at radius 3 is 1.09 bits per heavy atom. The van der Waals surface area contributed by atoms with Crippen LogP contribution < -0.4 is 17.6 Å². The van der Waals surface area contributed by atoms with Crippen molar-refractivity contribution in [3.63, 3.8) is 0 Å². The number of fused-ring (bicyclic) bond motifs is 3. The summed E-state index contributed by atoms with van der Waals surface area (Å²) in [7, 11) is 0. The number of benzene rings is 11. The molecule has 0 aliphatic rings.